The summed E-state index contributed by atoms with van der Waals surface area (Å²) in [5, 5.41) is 2.41. The monoisotopic (exact) mass is 128 g/mol. The summed E-state index contributed by atoms with van der Waals surface area (Å²) >= 11 is 0. The summed E-state index contributed by atoms with van der Waals surface area (Å²) in [6, 6.07) is 0. The van der Waals surface area contributed by atoms with Gasteiger partial charge in [-0.3, -0.25) is 0 Å². The highest BCUT2D eigenvalue weighted by atomic mass is 16.5. The fraction of sp³-hybridized carbons (Fsp3) is 1.00. The van der Waals surface area contributed by atoms with Crippen LogP contribution in [0.1, 0.15) is 6.92 Å². The molecule has 2 heteroatoms. The average Bonchev–Trinajstić information content (AvgIpc) is 2.22. The molecule has 0 unspecified atom stereocenters. The Morgan fingerprint density at radius 1 is 1.67 bits per heavy atom. The molecule has 52 valence electrons. The Morgan fingerprint density at radius 3 is 3.33 bits per heavy atom. The fourth-order valence-corrected chi connectivity index (χ4v) is 1.95. The van der Waals surface area contributed by atoms with Gasteiger partial charge in [0, 0.05) is 5.92 Å². The van der Waals surface area contributed by atoms with Gasteiger partial charge in [-0.2, -0.15) is 0 Å². The SMILES string of the molecule is C[C@@]12C[NH2+]C[C@@H]1COC2. The van der Waals surface area contributed by atoms with Crippen LogP contribution in [0.2, 0.25) is 0 Å². The minimum Gasteiger partial charge on any atom is -0.380 e. The van der Waals surface area contributed by atoms with Gasteiger partial charge < -0.3 is 10.1 Å². The van der Waals surface area contributed by atoms with E-state index in [0.717, 1.165) is 19.1 Å². The second kappa shape index (κ2) is 1.70. The van der Waals surface area contributed by atoms with E-state index in [1.807, 2.05) is 0 Å². The first-order valence-electron chi connectivity index (χ1n) is 3.71. The summed E-state index contributed by atoms with van der Waals surface area (Å²) in [7, 11) is 0. The van der Waals surface area contributed by atoms with Crippen molar-refractivity contribution in [1.29, 1.82) is 0 Å². The van der Waals surface area contributed by atoms with E-state index in [2.05, 4.69) is 12.2 Å². The van der Waals surface area contributed by atoms with Crippen molar-refractivity contribution in [3.8, 4) is 0 Å². The van der Waals surface area contributed by atoms with Gasteiger partial charge in [-0.1, -0.05) is 6.92 Å². The molecule has 0 aliphatic carbocycles. The van der Waals surface area contributed by atoms with E-state index in [4.69, 9.17) is 4.74 Å². The maximum atomic E-state index is 5.39. The molecule has 0 radical (unpaired) electrons. The van der Waals surface area contributed by atoms with Crippen LogP contribution in [0.25, 0.3) is 0 Å². The van der Waals surface area contributed by atoms with Gasteiger partial charge in [0.05, 0.1) is 31.7 Å². The number of ether oxygens (including phenoxy) is 1. The Morgan fingerprint density at radius 2 is 2.56 bits per heavy atom. The third kappa shape index (κ3) is 0.700. The Kier molecular flexibility index (Phi) is 1.08. The van der Waals surface area contributed by atoms with E-state index in [1.54, 1.807) is 0 Å². The zero-order valence-electron chi connectivity index (χ0n) is 5.89. The van der Waals surface area contributed by atoms with Crippen LogP contribution in [0.3, 0.4) is 0 Å². The molecular formula is C7H14NO+. The van der Waals surface area contributed by atoms with Gasteiger partial charge in [0.2, 0.25) is 0 Å². The number of hydrogen-bond acceptors (Lipinski definition) is 1. The quantitative estimate of drug-likeness (QED) is 0.455. The lowest BCUT2D eigenvalue weighted by molar-refractivity contribution is -0.643. The third-order valence-electron chi connectivity index (χ3n) is 2.80. The van der Waals surface area contributed by atoms with Crippen LogP contribution >= 0.6 is 0 Å². The second-order valence-electron chi connectivity index (χ2n) is 3.59. The summed E-state index contributed by atoms with van der Waals surface area (Å²) in [6.45, 7) is 6.91. The molecule has 2 atom stereocenters. The molecule has 9 heavy (non-hydrogen) atoms. The molecule has 2 aliphatic rings. The van der Waals surface area contributed by atoms with Crippen LogP contribution in [0.15, 0.2) is 0 Å². The zero-order chi connectivity index (χ0) is 6.32. The van der Waals surface area contributed by atoms with Crippen molar-refractivity contribution >= 4 is 0 Å². The summed E-state index contributed by atoms with van der Waals surface area (Å²) in [4.78, 5) is 0. The summed E-state index contributed by atoms with van der Waals surface area (Å²) in [6.07, 6.45) is 0. The summed E-state index contributed by atoms with van der Waals surface area (Å²) < 4.78 is 5.39. The first-order chi connectivity index (χ1) is 4.31. The van der Waals surface area contributed by atoms with Crippen LogP contribution < -0.4 is 5.32 Å². The van der Waals surface area contributed by atoms with Crippen LogP contribution in [-0.4, -0.2) is 26.3 Å². The molecule has 2 N–H and O–H groups in total. The Labute approximate surface area is 55.6 Å². The van der Waals surface area contributed by atoms with Crippen molar-refractivity contribution in [3.05, 3.63) is 0 Å². The van der Waals surface area contributed by atoms with Crippen molar-refractivity contribution in [2.45, 2.75) is 6.92 Å². The van der Waals surface area contributed by atoms with Gasteiger partial charge in [-0.05, 0) is 0 Å². The molecular weight excluding hydrogens is 114 g/mol. The first-order valence-corrected chi connectivity index (χ1v) is 3.71. The Balaban J connectivity index is 2.17. The van der Waals surface area contributed by atoms with E-state index >= 15 is 0 Å². The number of quaternary nitrogens is 1. The lowest BCUT2D eigenvalue weighted by Crippen LogP contribution is -2.82. The van der Waals surface area contributed by atoms with E-state index in [1.165, 1.54) is 13.1 Å². The fourth-order valence-electron chi connectivity index (χ4n) is 1.95. The predicted molar refractivity (Wildman–Crippen MR) is 34.1 cm³/mol. The maximum Gasteiger partial charge on any atom is 0.0838 e. The first kappa shape index (κ1) is 5.69. The van der Waals surface area contributed by atoms with Crippen molar-refractivity contribution in [2.24, 2.45) is 11.3 Å². The van der Waals surface area contributed by atoms with Crippen molar-refractivity contribution in [2.75, 3.05) is 26.3 Å². The molecule has 0 spiro atoms. The Bertz CT molecular complexity index is 114. The minimum atomic E-state index is 0.528. The molecule has 0 bridgehead atoms. The number of nitrogens with two attached hydrogens (primary N) is 1. The molecule has 2 heterocycles. The molecule has 2 nitrogen and oxygen atoms in total. The highest BCUT2D eigenvalue weighted by Crippen LogP contribution is 2.33. The molecule has 0 aromatic carbocycles. The van der Waals surface area contributed by atoms with Crippen LogP contribution in [-0.2, 0) is 4.74 Å². The standard InChI is InChI=1S/C7H13NO/c1-7-4-8-2-6(7)3-9-5-7/h6,8H,2-5H2,1H3/p+1/t6-,7+/m1/s1. The topological polar surface area (TPSA) is 25.8 Å². The molecule has 0 saturated carbocycles. The molecule has 0 amide bonds. The largest absolute Gasteiger partial charge is 0.380 e. The van der Waals surface area contributed by atoms with E-state index in [0.29, 0.717) is 5.41 Å². The second-order valence-corrected chi connectivity index (χ2v) is 3.59. The Hall–Kier alpha value is -0.0800. The van der Waals surface area contributed by atoms with Crippen LogP contribution in [0.5, 0.6) is 0 Å². The van der Waals surface area contributed by atoms with E-state index < -0.39 is 0 Å². The molecule has 2 aliphatic heterocycles. The lowest BCUT2D eigenvalue weighted by atomic mass is 9.84. The highest BCUT2D eigenvalue weighted by molar-refractivity contribution is 4.88. The zero-order valence-corrected chi connectivity index (χ0v) is 5.89. The highest BCUT2D eigenvalue weighted by Gasteiger charge is 2.46. The lowest BCUT2D eigenvalue weighted by Gasteiger charge is -2.14. The van der Waals surface area contributed by atoms with Crippen molar-refractivity contribution in [1.82, 2.24) is 0 Å². The van der Waals surface area contributed by atoms with Gasteiger partial charge in [-0.15, -0.1) is 0 Å². The number of fused-ring (bicyclic) bond motifs is 1. The normalized spacial score (nSPS) is 49.7. The van der Waals surface area contributed by atoms with E-state index in [9.17, 15) is 0 Å². The van der Waals surface area contributed by atoms with Gasteiger partial charge in [-0.25, -0.2) is 0 Å². The number of rotatable bonds is 0. The molecule has 2 rings (SSSR count). The average molecular weight is 128 g/mol. The number of hydrogen-bond donors (Lipinski definition) is 1. The van der Waals surface area contributed by atoms with Gasteiger partial charge >= 0.3 is 0 Å². The van der Waals surface area contributed by atoms with Crippen LogP contribution in [0, 0.1) is 11.3 Å². The minimum absolute atomic E-state index is 0.528. The van der Waals surface area contributed by atoms with Crippen molar-refractivity contribution in [3.63, 3.8) is 0 Å². The van der Waals surface area contributed by atoms with Crippen molar-refractivity contribution < 1.29 is 10.1 Å². The molecule has 2 fully saturated rings. The molecule has 0 aromatic rings. The van der Waals surface area contributed by atoms with E-state index in [-0.39, 0.29) is 0 Å². The predicted octanol–water partition coefficient (Wildman–Crippen LogP) is -0.784. The summed E-state index contributed by atoms with van der Waals surface area (Å²) in [5.74, 6) is 0.845. The maximum absolute atomic E-state index is 5.39. The smallest absolute Gasteiger partial charge is 0.0838 e. The summed E-state index contributed by atoms with van der Waals surface area (Å²) in [5.41, 5.74) is 0.528. The van der Waals surface area contributed by atoms with Crippen LogP contribution in [0.4, 0.5) is 0 Å². The molecule has 2 saturated heterocycles. The van der Waals surface area contributed by atoms with Gasteiger partial charge in [0.25, 0.3) is 0 Å². The molecule has 0 aromatic heterocycles. The van der Waals surface area contributed by atoms with Gasteiger partial charge in [0.15, 0.2) is 0 Å². The third-order valence-corrected chi connectivity index (χ3v) is 2.80. The van der Waals surface area contributed by atoms with Gasteiger partial charge in [0.1, 0.15) is 0 Å².